The van der Waals surface area contributed by atoms with Gasteiger partial charge in [-0.3, -0.25) is 4.98 Å². The first-order chi connectivity index (χ1) is 24.0. The van der Waals surface area contributed by atoms with Gasteiger partial charge in [0.1, 0.15) is 0 Å². The molecule has 0 aliphatic carbocycles. The van der Waals surface area contributed by atoms with Crippen molar-refractivity contribution in [2.24, 2.45) is 0 Å². The molecule has 6 nitrogen and oxygen atoms in total. The van der Waals surface area contributed by atoms with Crippen LogP contribution in [-0.4, -0.2) is 29.9 Å². The summed E-state index contributed by atoms with van der Waals surface area (Å²) >= 11 is 0. The summed E-state index contributed by atoms with van der Waals surface area (Å²) in [7, 11) is 0. The first kappa shape index (κ1) is 32.7. The second kappa shape index (κ2) is 13.2. The lowest BCUT2D eigenvalue weighted by Crippen LogP contribution is -2.16. The van der Waals surface area contributed by atoms with Crippen LogP contribution in [0.1, 0.15) is 52.7 Å². The van der Waals surface area contributed by atoms with Crippen molar-refractivity contribution in [1.29, 1.82) is 0 Å². The topological polar surface area (TPSA) is 77.3 Å². The minimum atomic E-state index is -0.0366. The Morgan fingerprint density at radius 3 is 1.28 bits per heavy atom. The molecular weight excluding hydrogens is 613 g/mol. The van der Waals surface area contributed by atoms with Crippen molar-refractivity contribution in [2.45, 2.75) is 52.4 Å². The number of rotatable bonds is 6. The van der Waals surface area contributed by atoms with Gasteiger partial charge in [-0.25, -0.2) is 24.9 Å². The summed E-state index contributed by atoms with van der Waals surface area (Å²) in [4.78, 5) is 29.0. The molecule has 0 saturated heterocycles. The molecule has 3 aromatic heterocycles. The summed E-state index contributed by atoms with van der Waals surface area (Å²) in [5.74, 6) is 2.42. The Morgan fingerprint density at radius 2 is 0.800 bits per heavy atom. The highest BCUT2D eigenvalue weighted by Crippen LogP contribution is 2.37. The standard InChI is InChI=1S/C44H40N6/c1-43(2,3)37-23-33(24-38(25-37)44(4,5)6)32-20-34(39-46-27-36(28-47-39)31-18-13-19-45-26-31)22-35(21-32)42-49-40(29-14-9-7-10-15-29)48-41(50-42)30-16-11-8-12-17-30/h7-28H,1-6H3. The lowest BCUT2D eigenvalue weighted by atomic mass is 9.78. The van der Waals surface area contributed by atoms with Crippen LogP contribution < -0.4 is 0 Å². The van der Waals surface area contributed by atoms with Crippen LogP contribution in [0.3, 0.4) is 0 Å². The van der Waals surface area contributed by atoms with Gasteiger partial charge in [-0.15, -0.1) is 0 Å². The number of pyridine rings is 1. The third kappa shape index (κ3) is 7.10. The molecule has 0 fully saturated rings. The fourth-order valence-corrected chi connectivity index (χ4v) is 5.81. The molecular formula is C44H40N6. The lowest BCUT2D eigenvalue weighted by molar-refractivity contribution is 0.569. The Bertz CT molecular complexity index is 2160. The maximum absolute atomic E-state index is 5.07. The molecule has 246 valence electrons. The van der Waals surface area contributed by atoms with Crippen LogP contribution in [0.5, 0.6) is 0 Å². The van der Waals surface area contributed by atoms with Gasteiger partial charge in [0.25, 0.3) is 0 Å². The molecule has 0 radical (unpaired) electrons. The largest absolute Gasteiger partial charge is 0.264 e. The Labute approximate surface area is 294 Å². The first-order valence-corrected chi connectivity index (χ1v) is 16.9. The summed E-state index contributed by atoms with van der Waals surface area (Å²) in [6.07, 6.45) is 7.29. The average Bonchev–Trinajstić information content (AvgIpc) is 3.15. The zero-order valence-corrected chi connectivity index (χ0v) is 29.4. The molecule has 3 heterocycles. The van der Waals surface area contributed by atoms with Crippen molar-refractivity contribution >= 4 is 0 Å². The Morgan fingerprint density at radius 1 is 0.360 bits per heavy atom. The van der Waals surface area contributed by atoms with E-state index in [9.17, 15) is 0 Å². The molecule has 0 saturated carbocycles. The molecule has 0 atom stereocenters. The van der Waals surface area contributed by atoms with Crippen molar-refractivity contribution in [3.63, 3.8) is 0 Å². The molecule has 7 rings (SSSR count). The Balaban J connectivity index is 1.46. The normalized spacial score (nSPS) is 11.8. The highest BCUT2D eigenvalue weighted by Gasteiger charge is 2.22. The zero-order valence-electron chi connectivity index (χ0n) is 29.4. The minimum Gasteiger partial charge on any atom is -0.264 e. The van der Waals surface area contributed by atoms with Gasteiger partial charge in [-0.1, -0.05) is 126 Å². The van der Waals surface area contributed by atoms with Crippen LogP contribution in [0.2, 0.25) is 0 Å². The number of aromatic nitrogens is 6. The van der Waals surface area contributed by atoms with Gasteiger partial charge in [0.2, 0.25) is 0 Å². The fraction of sp³-hybridized carbons (Fsp3) is 0.182. The van der Waals surface area contributed by atoms with E-state index in [-0.39, 0.29) is 10.8 Å². The molecule has 4 aromatic carbocycles. The molecule has 7 aromatic rings. The van der Waals surface area contributed by atoms with Gasteiger partial charge < -0.3 is 0 Å². The van der Waals surface area contributed by atoms with E-state index in [1.54, 1.807) is 6.20 Å². The second-order valence-corrected chi connectivity index (χ2v) is 14.7. The van der Waals surface area contributed by atoms with Crippen LogP contribution >= 0.6 is 0 Å². The summed E-state index contributed by atoms with van der Waals surface area (Å²) in [5, 5.41) is 0. The molecule has 0 unspecified atom stereocenters. The van der Waals surface area contributed by atoms with Crippen LogP contribution in [0.4, 0.5) is 0 Å². The van der Waals surface area contributed by atoms with E-state index in [2.05, 4.69) is 82.9 Å². The maximum Gasteiger partial charge on any atom is 0.164 e. The minimum absolute atomic E-state index is 0.0366. The SMILES string of the molecule is CC(C)(C)c1cc(-c2cc(-c3ncc(-c4cccnc4)cn3)cc(-c3nc(-c4ccccc4)nc(-c4ccccc4)n3)c2)cc(C(C)(C)C)c1. The third-order valence-electron chi connectivity index (χ3n) is 8.79. The fourth-order valence-electron chi connectivity index (χ4n) is 5.81. The van der Waals surface area contributed by atoms with E-state index in [4.69, 9.17) is 24.9 Å². The smallest absolute Gasteiger partial charge is 0.164 e. The predicted molar refractivity (Wildman–Crippen MR) is 203 cm³/mol. The van der Waals surface area contributed by atoms with Crippen LogP contribution in [0.25, 0.3) is 67.8 Å². The summed E-state index contributed by atoms with van der Waals surface area (Å²) in [6, 6.07) is 37.4. The van der Waals surface area contributed by atoms with Gasteiger partial charge in [-0.2, -0.15) is 0 Å². The van der Waals surface area contributed by atoms with Crippen LogP contribution in [0.15, 0.2) is 134 Å². The number of benzene rings is 4. The average molecular weight is 653 g/mol. The molecule has 0 spiro atoms. The first-order valence-electron chi connectivity index (χ1n) is 16.9. The van der Waals surface area contributed by atoms with Crippen molar-refractivity contribution in [3.8, 4) is 67.8 Å². The predicted octanol–water partition coefficient (Wildman–Crippen LogP) is 10.7. The molecule has 6 heteroatoms. The van der Waals surface area contributed by atoms with Crippen LogP contribution in [-0.2, 0) is 10.8 Å². The van der Waals surface area contributed by atoms with E-state index in [0.29, 0.717) is 23.3 Å². The van der Waals surface area contributed by atoms with Crippen molar-refractivity contribution < 1.29 is 0 Å². The highest BCUT2D eigenvalue weighted by molar-refractivity contribution is 5.79. The zero-order chi connectivity index (χ0) is 34.9. The van der Waals surface area contributed by atoms with Gasteiger partial charge in [0, 0.05) is 58.2 Å². The second-order valence-electron chi connectivity index (χ2n) is 14.7. The number of nitrogens with zero attached hydrogens (tertiary/aromatic N) is 6. The number of hydrogen-bond acceptors (Lipinski definition) is 6. The molecule has 0 amide bonds. The van der Waals surface area contributed by atoms with E-state index >= 15 is 0 Å². The Kier molecular flexibility index (Phi) is 8.62. The maximum atomic E-state index is 5.07. The summed E-state index contributed by atoms with van der Waals surface area (Å²) in [6.45, 7) is 13.6. The Hall–Kier alpha value is -5.88. The van der Waals surface area contributed by atoms with E-state index < -0.39 is 0 Å². The molecule has 0 N–H and O–H groups in total. The molecule has 0 aliphatic heterocycles. The lowest BCUT2D eigenvalue weighted by Gasteiger charge is -2.26. The van der Waals surface area contributed by atoms with Crippen molar-refractivity contribution in [2.75, 3.05) is 0 Å². The van der Waals surface area contributed by atoms with Gasteiger partial charge in [0.15, 0.2) is 23.3 Å². The third-order valence-corrected chi connectivity index (χ3v) is 8.79. The quantitative estimate of drug-likeness (QED) is 0.178. The number of hydrogen-bond donors (Lipinski definition) is 0. The van der Waals surface area contributed by atoms with Gasteiger partial charge in [0.05, 0.1) is 0 Å². The van der Waals surface area contributed by atoms with Gasteiger partial charge >= 0.3 is 0 Å². The van der Waals surface area contributed by atoms with E-state index in [1.807, 2.05) is 91.4 Å². The van der Waals surface area contributed by atoms with Crippen LogP contribution in [0, 0.1) is 0 Å². The molecule has 0 aliphatic rings. The molecule has 50 heavy (non-hydrogen) atoms. The van der Waals surface area contributed by atoms with E-state index in [1.165, 1.54) is 11.1 Å². The summed E-state index contributed by atoms with van der Waals surface area (Å²) < 4.78 is 0. The monoisotopic (exact) mass is 652 g/mol. The van der Waals surface area contributed by atoms with E-state index in [0.717, 1.165) is 44.5 Å². The van der Waals surface area contributed by atoms with Crippen molar-refractivity contribution in [1.82, 2.24) is 29.9 Å². The van der Waals surface area contributed by atoms with Crippen molar-refractivity contribution in [3.05, 3.63) is 145 Å². The van der Waals surface area contributed by atoms with Gasteiger partial charge in [-0.05, 0) is 57.3 Å². The molecule has 0 bridgehead atoms. The highest BCUT2D eigenvalue weighted by atomic mass is 15.0. The summed E-state index contributed by atoms with van der Waals surface area (Å²) in [5.41, 5.74) is 10.1.